The molecule has 1 aromatic carbocycles. The van der Waals surface area contributed by atoms with Crippen LogP contribution in [0.15, 0.2) is 35.1 Å². The van der Waals surface area contributed by atoms with Crippen molar-refractivity contribution in [3.05, 3.63) is 57.5 Å². The number of nitriles is 1. The van der Waals surface area contributed by atoms with E-state index in [-0.39, 0.29) is 11.1 Å². The quantitative estimate of drug-likeness (QED) is 0.766. The topological polar surface area (TPSA) is 45.8 Å². The first-order valence-electron chi connectivity index (χ1n) is 5.72. The fraction of sp³-hybridized carbons (Fsp3) is 0.200. The lowest BCUT2D eigenvalue weighted by Gasteiger charge is -2.09. The van der Waals surface area contributed by atoms with Crippen molar-refractivity contribution in [2.75, 3.05) is 0 Å². The summed E-state index contributed by atoms with van der Waals surface area (Å²) in [5, 5.41) is 9.17. The van der Waals surface area contributed by atoms with Gasteiger partial charge in [-0.15, -0.1) is 0 Å². The second-order valence-electron chi connectivity index (χ2n) is 4.42. The number of rotatable bonds is 1. The molecule has 0 fully saturated rings. The van der Waals surface area contributed by atoms with Gasteiger partial charge in [-0.3, -0.25) is 4.79 Å². The van der Waals surface area contributed by atoms with Crippen LogP contribution in [0.25, 0.3) is 11.1 Å². The highest BCUT2D eigenvalue weighted by molar-refractivity contribution is 5.70. The summed E-state index contributed by atoms with van der Waals surface area (Å²) in [7, 11) is 1.68. The molecule has 0 saturated carbocycles. The van der Waals surface area contributed by atoms with E-state index in [1.165, 1.54) is 4.57 Å². The molecule has 18 heavy (non-hydrogen) atoms. The predicted octanol–water partition coefficient (Wildman–Crippen LogP) is 2.54. The van der Waals surface area contributed by atoms with Crippen LogP contribution in [0, 0.1) is 25.2 Å². The maximum atomic E-state index is 12.0. The number of aryl methyl sites for hydroxylation is 2. The van der Waals surface area contributed by atoms with Crippen LogP contribution in [0.4, 0.5) is 0 Å². The first kappa shape index (κ1) is 12.1. The van der Waals surface area contributed by atoms with Gasteiger partial charge in [-0.25, -0.2) is 0 Å². The minimum Gasteiger partial charge on any atom is -0.315 e. The van der Waals surface area contributed by atoms with Gasteiger partial charge in [-0.2, -0.15) is 5.26 Å². The standard InChI is InChI=1S/C15H14N2O/c1-10-4-6-12(7-5-10)13-8-11(2)17(3)15(18)14(13)9-16/h4-8H,1-3H3. The minimum atomic E-state index is -0.243. The van der Waals surface area contributed by atoms with Gasteiger partial charge in [0.25, 0.3) is 5.56 Å². The summed E-state index contributed by atoms with van der Waals surface area (Å²) in [6, 6.07) is 11.7. The molecule has 0 radical (unpaired) electrons. The summed E-state index contributed by atoms with van der Waals surface area (Å²) in [6.07, 6.45) is 0. The van der Waals surface area contributed by atoms with Crippen LogP contribution in [0.2, 0.25) is 0 Å². The van der Waals surface area contributed by atoms with Gasteiger partial charge in [0.05, 0.1) is 0 Å². The van der Waals surface area contributed by atoms with Crippen molar-refractivity contribution in [1.29, 1.82) is 5.26 Å². The van der Waals surface area contributed by atoms with Gasteiger partial charge in [0, 0.05) is 18.3 Å². The molecular formula is C15H14N2O. The van der Waals surface area contributed by atoms with E-state index in [0.29, 0.717) is 5.56 Å². The molecule has 0 N–H and O–H groups in total. The molecule has 0 aliphatic heterocycles. The second kappa shape index (κ2) is 4.50. The number of benzene rings is 1. The Morgan fingerprint density at radius 1 is 1.17 bits per heavy atom. The molecule has 90 valence electrons. The van der Waals surface area contributed by atoms with E-state index in [9.17, 15) is 4.79 Å². The van der Waals surface area contributed by atoms with Crippen LogP contribution in [0.3, 0.4) is 0 Å². The molecule has 1 heterocycles. The van der Waals surface area contributed by atoms with Crippen molar-refractivity contribution in [2.24, 2.45) is 7.05 Å². The summed E-state index contributed by atoms with van der Waals surface area (Å²) in [4.78, 5) is 12.0. The van der Waals surface area contributed by atoms with E-state index < -0.39 is 0 Å². The Balaban J connectivity index is 2.76. The molecule has 0 bridgehead atoms. The Kier molecular flexibility index (Phi) is 3.03. The molecule has 1 aromatic heterocycles. The smallest absolute Gasteiger partial charge is 0.269 e. The fourth-order valence-electron chi connectivity index (χ4n) is 1.89. The molecular weight excluding hydrogens is 224 g/mol. The fourth-order valence-corrected chi connectivity index (χ4v) is 1.89. The van der Waals surface area contributed by atoms with Crippen LogP contribution in [0.1, 0.15) is 16.8 Å². The van der Waals surface area contributed by atoms with Gasteiger partial charge in [0.15, 0.2) is 0 Å². The van der Waals surface area contributed by atoms with Gasteiger partial charge in [-0.1, -0.05) is 29.8 Å². The Bertz CT molecular complexity index is 688. The third-order valence-corrected chi connectivity index (χ3v) is 3.14. The van der Waals surface area contributed by atoms with Gasteiger partial charge >= 0.3 is 0 Å². The Morgan fingerprint density at radius 3 is 2.33 bits per heavy atom. The highest BCUT2D eigenvalue weighted by Gasteiger charge is 2.12. The lowest BCUT2D eigenvalue weighted by Crippen LogP contribution is -2.22. The van der Waals surface area contributed by atoms with Crippen molar-refractivity contribution in [3.8, 4) is 17.2 Å². The average molecular weight is 238 g/mol. The normalized spacial score (nSPS) is 10.1. The monoisotopic (exact) mass is 238 g/mol. The molecule has 2 rings (SSSR count). The van der Waals surface area contributed by atoms with Crippen molar-refractivity contribution >= 4 is 0 Å². The lowest BCUT2D eigenvalue weighted by molar-refractivity contribution is 0.816. The molecule has 0 aliphatic rings. The molecule has 2 aromatic rings. The number of nitrogens with zero attached hydrogens (tertiary/aromatic N) is 2. The summed E-state index contributed by atoms with van der Waals surface area (Å²) in [6.45, 7) is 3.87. The first-order valence-corrected chi connectivity index (χ1v) is 5.72. The maximum absolute atomic E-state index is 12.0. The van der Waals surface area contributed by atoms with Gasteiger partial charge in [0.2, 0.25) is 0 Å². The molecule has 3 heteroatoms. The summed E-state index contributed by atoms with van der Waals surface area (Å²) in [5.74, 6) is 0. The van der Waals surface area contributed by atoms with E-state index in [1.54, 1.807) is 7.05 Å². The van der Waals surface area contributed by atoms with Crippen LogP contribution in [0.5, 0.6) is 0 Å². The zero-order valence-electron chi connectivity index (χ0n) is 10.7. The third-order valence-electron chi connectivity index (χ3n) is 3.14. The summed E-state index contributed by atoms with van der Waals surface area (Å²) < 4.78 is 1.50. The number of pyridine rings is 1. The van der Waals surface area contributed by atoms with Gasteiger partial charge < -0.3 is 4.57 Å². The molecule has 0 amide bonds. The molecule has 0 unspecified atom stereocenters. The van der Waals surface area contributed by atoms with E-state index in [2.05, 4.69) is 0 Å². The van der Waals surface area contributed by atoms with Crippen LogP contribution < -0.4 is 5.56 Å². The van der Waals surface area contributed by atoms with Crippen LogP contribution >= 0.6 is 0 Å². The second-order valence-corrected chi connectivity index (χ2v) is 4.42. The van der Waals surface area contributed by atoms with Crippen molar-refractivity contribution in [1.82, 2.24) is 4.57 Å². The number of hydrogen-bond donors (Lipinski definition) is 0. The average Bonchev–Trinajstić information content (AvgIpc) is 2.37. The predicted molar refractivity (Wildman–Crippen MR) is 71.3 cm³/mol. The van der Waals surface area contributed by atoms with E-state index in [4.69, 9.17) is 5.26 Å². The van der Waals surface area contributed by atoms with Crippen molar-refractivity contribution in [3.63, 3.8) is 0 Å². The zero-order valence-corrected chi connectivity index (χ0v) is 10.7. The largest absolute Gasteiger partial charge is 0.315 e. The van der Waals surface area contributed by atoms with Gasteiger partial charge in [0.1, 0.15) is 11.6 Å². The Hall–Kier alpha value is -2.34. The number of hydrogen-bond acceptors (Lipinski definition) is 2. The highest BCUT2D eigenvalue weighted by atomic mass is 16.1. The van der Waals surface area contributed by atoms with Crippen molar-refractivity contribution in [2.45, 2.75) is 13.8 Å². The zero-order chi connectivity index (χ0) is 13.3. The molecule has 3 nitrogen and oxygen atoms in total. The van der Waals surface area contributed by atoms with Crippen LogP contribution in [-0.2, 0) is 7.05 Å². The Labute approximate surface area is 106 Å². The molecule has 0 spiro atoms. The van der Waals surface area contributed by atoms with Crippen LogP contribution in [-0.4, -0.2) is 4.57 Å². The SMILES string of the molecule is Cc1ccc(-c2cc(C)n(C)c(=O)c2C#N)cc1. The van der Waals surface area contributed by atoms with Gasteiger partial charge in [-0.05, 0) is 25.5 Å². The minimum absolute atomic E-state index is 0.201. The summed E-state index contributed by atoms with van der Waals surface area (Å²) >= 11 is 0. The van der Waals surface area contributed by atoms with E-state index >= 15 is 0 Å². The maximum Gasteiger partial charge on any atom is 0.269 e. The molecule has 0 aliphatic carbocycles. The first-order chi connectivity index (χ1) is 8.54. The Morgan fingerprint density at radius 2 is 1.78 bits per heavy atom. The van der Waals surface area contributed by atoms with E-state index in [1.807, 2.05) is 50.2 Å². The van der Waals surface area contributed by atoms with E-state index in [0.717, 1.165) is 16.8 Å². The number of aromatic nitrogens is 1. The lowest BCUT2D eigenvalue weighted by atomic mass is 10.00. The summed E-state index contributed by atoms with van der Waals surface area (Å²) in [5.41, 5.74) is 3.56. The van der Waals surface area contributed by atoms with Crippen molar-refractivity contribution < 1.29 is 0 Å². The third kappa shape index (κ3) is 1.93. The highest BCUT2D eigenvalue weighted by Crippen LogP contribution is 2.22. The molecule has 0 atom stereocenters. The molecule has 0 saturated heterocycles.